The molecule has 0 aliphatic rings. The number of ether oxygens (including phenoxy) is 1. The highest BCUT2D eigenvalue weighted by Crippen LogP contribution is 2.22. The number of aryl methyl sites for hydroxylation is 2. The van der Waals surface area contributed by atoms with Gasteiger partial charge in [0.25, 0.3) is 0 Å². The second-order valence-electron chi connectivity index (χ2n) is 4.15. The lowest BCUT2D eigenvalue weighted by Gasteiger charge is -2.04. The lowest BCUT2D eigenvalue weighted by Crippen LogP contribution is -2.29. The molecule has 0 aliphatic carbocycles. The maximum absolute atomic E-state index is 11.2. The lowest BCUT2D eigenvalue weighted by atomic mass is 10.3. The van der Waals surface area contributed by atoms with Crippen LogP contribution in [-0.2, 0) is 13.7 Å². The van der Waals surface area contributed by atoms with Crippen molar-refractivity contribution in [3.8, 4) is 5.75 Å². The number of carbonyl (C=O) groups excluding carboxylic acids is 1. The van der Waals surface area contributed by atoms with Crippen molar-refractivity contribution >= 4 is 5.91 Å². The molecule has 0 saturated carbocycles. The summed E-state index contributed by atoms with van der Waals surface area (Å²) >= 11 is 0. The van der Waals surface area contributed by atoms with Crippen molar-refractivity contribution < 1.29 is 13.9 Å². The van der Waals surface area contributed by atoms with E-state index in [9.17, 15) is 4.79 Å². The molecule has 0 saturated heterocycles. The van der Waals surface area contributed by atoms with Crippen LogP contribution >= 0.6 is 0 Å². The van der Waals surface area contributed by atoms with Crippen LogP contribution in [0.2, 0.25) is 0 Å². The highest BCUT2D eigenvalue weighted by atomic mass is 16.5. The molecular formula is C12H16N4O3. The highest BCUT2D eigenvalue weighted by Gasteiger charge is 2.13. The molecule has 19 heavy (non-hydrogen) atoms. The van der Waals surface area contributed by atoms with E-state index < -0.39 is 5.91 Å². The van der Waals surface area contributed by atoms with E-state index in [1.165, 1.54) is 0 Å². The molecule has 0 atom stereocenters. The molecule has 2 heterocycles. The first-order chi connectivity index (χ1) is 9.02. The maximum Gasteiger partial charge on any atom is 0.300 e. The van der Waals surface area contributed by atoms with Crippen LogP contribution in [0.3, 0.4) is 0 Å². The molecule has 0 aliphatic heterocycles. The van der Waals surface area contributed by atoms with Gasteiger partial charge in [0.1, 0.15) is 18.1 Å². The third-order valence-electron chi connectivity index (χ3n) is 2.82. The zero-order chi connectivity index (χ0) is 14.0. The molecule has 7 heteroatoms. The van der Waals surface area contributed by atoms with E-state index in [1.54, 1.807) is 16.8 Å². The van der Waals surface area contributed by atoms with Crippen LogP contribution in [-0.4, -0.2) is 15.7 Å². The van der Waals surface area contributed by atoms with Gasteiger partial charge < -0.3 is 9.15 Å². The maximum atomic E-state index is 11.2. The summed E-state index contributed by atoms with van der Waals surface area (Å²) in [7, 11) is 1.85. The molecule has 0 spiro atoms. The van der Waals surface area contributed by atoms with E-state index >= 15 is 0 Å². The summed E-state index contributed by atoms with van der Waals surface area (Å²) < 4.78 is 12.7. The van der Waals surface area contributed by atoms with Crippen molar-refractivity contribution in [3.05, 3.63) is 35.0 Å². The van der Waals surface area contributed by atoms with Gasteiger partial charge in [0, 0.05) is 7.05 Å². The number of furan rings is 1. The van der Waals surface area contributed by atoms with Gasteiger partial charge in [-0.2, -0.15) is 5.10 Å². The molecule has 0 bridgehead atoms. The number of carbonyl (C=O) groups is 1. The summed E-state index contributed by atoms with van der Waals surface area (Å²) in [6, 6.07) is 3.22. The molecule has 2 aromatic rings. The second-order valence-corrected chi connectivity index (χ2v) is 4.15. The number of nitrogens with zero attached hydrogens (tertiary/aromatic N) is 2. The summed E-state index contributed by atoms with van der Waals surface area (Å²) in [4.78, 5) is 11.2. The summed E-state index contributed by atoms with van der Waals surface area (Å²) in [6.45, 7) is 4.02. The predicted molar refractivity (Wildman–Crippen MR) is 67.4 cm³/mol. The van der Waals surface area contributed by atoms with Crippen LogP contribution in [0, 0.1) is 13.8 Å². The molecule has 2 aromatic heterocycles. The summed E-state index contributed by atoms with van der Waals surface area (Å²) in [6.07, 6.45) is 0. The topological polar surface area (TPSA) is 95.3 Å². The monoisotopic (exact) mass is 264 g/mol. The van der Waals surface area contributed by atoms with Crippen LogP contribution in [0.4, 0.5) is 0 Å². The minimum absolute atomic E-state index is 0.153. The van der Waals surface area contributed by atoms with Crippen molar-refractivity contribution in [1.29, 1.82) is 0 Å². The number of nitrogens with two attached hydrogens (primary N) is 1. The molecule has 0 radical (unpaired) electrons. The Morgan fingerprint density at radius 2 is 2.26 bits per heavy atom. The Morgan fingerprint density at radius 1 is 1.53 bits per heavy atom. The average Bonchev–Trinajstić information content (AvgIpc) is 2.94. The van der Waals surface area contributed by atoms with Gasteiger partial charge in [0.05, 0.1) is 5.69 Å². The van der Waals surface area contributed by atoms with E-state index in [-0.39, 0.29) is 12.4 Å². The molecule has 1 amide bonds. The second kappa shape index (κ2) is 5.15. The van der Waals surface area contributed by atoms with Crippen molar-refractivity contribution in [3.63, 3.8) is 0 Å². The van der Waals surface area contributed by atoms with Crippen molar-refractivity contribution in [1.82, 2.24) is 15.2 Å². The van der Waals surface area contributed by atoms with Gasteiger partial charge in [-0.15, -0.1) is 0 Å². The zero-order valence-corrected chi connectivity index (χ0v) is 11.1. The lowest BCUT2D eigenvalue weighted by molar-refractivity contribution is 0.0922. The Labute approximate surface area is 110 Å². The number of hydrogen-bond acceptors (Lipinski definition) is 5. The molecule has 7 nitrogen and oxygen atoms in total. The molecule has 0 unspecified atom stereocenters. The highest BCUT2D eigenvalue weighted by molar-refractivity contribution is 5.90. The first kappa shape index (κ1) is 13.2. The zero-order valence-electron chi connectivity index (χ0n) is 11.1. The first-order valence-corrected chi connectivity index (χ1v) is 5.75. The van der Waals surface area contributed by atoms with E-state index in [0.29, 0.717) is 5.76 Å². The van der Waals surface area contributed by atoms with Gasteiger partial charge >= 0.3 is 5.91 Å². The molecule has 0 fully saturated rings. The number of hydrogen-bond donors (Lipinski definition) is 2. The van der Waals surface area contributed by atoms with Gasteiger partial charge in [-0.3, -0.25) is 14.9 Å². The van der Waals surface area contributed by atoms with E-state index in [0.717, 1.165) is 17.1 Å². The Morgan fingerprint density at radius 3 is 2.84 bits per heavy atom. The van der Waals surface area contributed by atoms with E-state index in [4.69, 9.17) is 15.0 Å². The Kier molecular flexibility index (Phi) is 3.57. The van der Waals surface area contributed by atoms with Gasteiger partial charge in [-0.25, -0.2) is 5.84 Å². The number of nitrogens with one attached hydrogen (secondary N) is 1. The van der Waals surface area contributed by atoms with Gasteiger partial charge in [-0.1, -0.05) is 0 Å². The van der Waals surface area contributed by atoms with Crippen LogP contribution in [0.5, 0.6) is 5.75 Å². The van der Waals surface area contributed by atoms with Crippen LogP contribution in [0.25, 0.3) is 0 Å². The normalized spacial score (nSPS) is 10.5. The SMILES string of the molecule is Cc1nn(C)c(C)c1OCc1ccc(C(=O)NN)o1. The van der Waals surface area contributed by atoms with Gasteiger partial charge in [0.2, 0.25) is 0 Å². The Bertz CT molecular complexity index is 600. The number of amides is 1. The van der Waals surface area contributed by atoms with Gasteiger partial charge in [0.15, 0.2) is 11.5 Å². The van der Waals surface area contributed by atoms with E-state index in [1.807, 2.05) is 26.3 Å². The number of nitrogen functional groups attached to an aromatic ring is 1. The fraction of sp³-hybridized carbons (Fsp3) is 0.333. The summed E-state index contributed by atoms with van der Waals surface area (Å²) in [5.74, 6) is 5.97. The average molecular weight is 264 g/mol. The quantitative estimate of drug-likeness (QED) is 0.484. The molecule has 2 rings (SSSR count). The van der Waals surface area contributed by atoms with Crippen molar-refractivity contribution in [2.75, 3.05) is 0 Å². The van der Waals surface area contributed by atoms with Crippen LogP contribution < -0.4 is 16.0 Å². The third kappa shape index (κ3) is 2.60. The van der Waals surface area contributed by atoms with Crippen molar-refractivity contribution in [2.24, 2.45) is 12.9 Å². The standard InChI is InChI=1S/C12H16N4O3/c1-7-11(8(2)16(3)15-7)18-6-9-4-5-10(19-9)12(17)14-13/h4-5H,6,13H2,1-3H3,(H,14,17). The van der Waals surface area contributed by atoms with Crippen LogP contribution in [0.15, 0.2) is 16.5 Å². The van der Waals surface area contributed by atoms with E-state index in [2.05, 4.69) is 5.10 Å². The number of rotatable bonds is 4. The minimum atomic E-state index is -0.472. The minimum Gasteiger partial charge on any atom is -0.482 e. The van der Waals surface area contributed by atoms with Crippen molar-refractivity contribution in [2.45, 2.75) is 20.5 Å². The van der Waals surface area contributed by atoms with Gasteiger partial charge in [-0.05, 0) is 26.0 Å². The van der Waals surface area contributed by atoms with Crippen LogP contribution in [0.1, 0.15) is 27.7 Å². The fourth-order valence-electron chi connectivity index (χ4n) is 1.76. The third-order valence-corrected chi connectivity index (χ3v) is 2.82. The first-order valence-electron chi connectivity index (χ1n) is 5.75. The molecule has 102 valence electrons. The summed E-state index contributed by atoms with van der Waals surface area (Å²) in [5.41, 5.74) is 3.75. The number of aromatic nitrogens is 2. The molecular weight excluding hydrogens is 248 g/mol. The largest absolute Gasteiger partial charge is 0.482 e. The Hall–Kier alpha value is -2.28. The smallest absolute Gasteiger partial charge is 0.300 e. The molecule has 0 aromatic carbocycles. The number of hydrazine groups is 1. The Balaban J connectivity index is 2.06. The molecule has 3 N–H and O–H groups in total. The predicted octanol–water partition coefficient (Wildman–Crippen LogP) is 0.812. The fourth-order valence-corrected chi connectivity index (χ4v) is 1.76. The summed E-state index contributed by atoms with van der Waals surface area (Å²) in [5, 5.41) is 4.25.